The number of carbonyl (C=O) groups is 2. The summed E-state index contributed by atoms with van der Waals surface area (Å²) in [6.07, 6.45) is 2.12. The van der Waals surface area contributed by atoms with Crippen LogP contribution in [0, 0.1) is 0 Å². The minimum atomic E-state index is -1.05. The lowest BCUT2D eigenvalue weighted by Gasteiger charge is -2.24. The Morgan fingerprint density at radius 3 is 2.70 bits per heavy atom. The van der Waals surface area contributed by atoms with Crippen molar-refractivity contribution in [2.75, 3.05) is 13.1 Å². The second kappa shape index (κ2) is 5.93. The highest BCUT2D eigenvalue weighted by molar-refractivity contribution is 9.10. The summed E-state index contributed by atoms with van der Waals surface area (Å²) in [6.45, 7) is 3.57. The summed E-state index contributed by atoms with van der Waals surface area (Å²) in [5.74, 6) is -1.31. The molecule has 1 heterocycles. The fourth-order valence-corrected chi connectivity index (χ4v) is 2.82. The molecular formula is C14H17BrN2O3. The topological polar surface area (TPSA) is 78.4 Å². The summed E-state index contributed by atoms with van der Waals surface area (Å²) >= 11 is 3.22. The van der Waals surface area contributed by atoms with Gasteiger partial charge in [-0.1, -0.05) is 15.9 Å². The first-order valence-corrected chi connectivity index (χ1v) is 7.26. The minimum absolute atomic E-state index is 0.0721. The van der Waals surface area contributed by atoms with E-state index in [-0.39, 0.29) is 17.0 Å². The Kier molecular flexibility index (Phi) is 4.45. The van der Waals surface area contributed by atoms with Crippen LogP contribution in [0.2, 0.25) is 0 Å². The van der Waals surface area contributed by atoms with Gasteiger partial charge in [-0.2, -0.15) is 0 Å². The molecule has 0 radical (unpaired) electrons. The zero-order valence-electron chi connectivity index (χ0n) is 11.2. The molecule has 1 aromatic rings. The number of carbonyl (C=O) groups excluding carboxylic acids is 1. The van der Waals surface area contributed by atoms with Gasteiger partial charge in [0.25, 0.3) is 5.91 Å². The highest BCUT2D eigenvalue weighted by atomic mass is 79.9. The molecule has 1 aliphatic heterocycles. The van der Waals surface area contributed by atoms with Gasteiger partial charge >= 0.3 is 5.97 Å². The summed E-state index contributed by atoms with van der Waals surface area (Å²) < 4.78 is 0.577. The molecular weight excluding hydrogens is 324 g/mol. The summed E-state index contributed by atoms with van der Waals surface area (Å²) in [4.78, 5) is 23.1. The number of benzene rings is 1. The van der Waals surface area contributed by atoms with Crippen LogP contribution >= 0.6 is 15.9 Å². The zero-order chi connectivity index (χ0) is 14.8. The normalized spacial score (nSPS) is 21.7. The molecule has 2 rings (SSSR count). The molecule has 1 amide bonds. The molecule has 1 atom stereocenters. The SMILES string of the molecule is CC1(CNC(=O)c2cc(Br)cc(C(=O)O)c2)CCCN1. The number of hydrogen-bond donors (Lipinski definition) is 3. The number of halogens is 1. The van der Waals surface area contributed by atoms with Crippen molar-refractivity contribution in [2.24, 2.45) is 0 Å². The van der Waals surface area contributed by atoms with E-state index in [0.717, 1.165) is 19.4 Å². The molecule has 0 spiro atoms. The van der Waals surface area contributed by atoms with Crippen LogP contribution in [0.1, 0.15) is 40.5 Å². The van der Waals surface area contributed by atoms with E-state index in [1.54, 1.807) is 6.07 Å². The third kappa shape index (κ3) is 3.58. The fourth-order valence-electron chi connectivity index (χ4n) is 2.33. The van der Waals surface area contributed by atoms with Crippen molar-refractivity contribution in [3.8, 4) is 0 Å². The maximum Gasteiger partial charge on any atom is 0.335 e. The first kappa shape index (κ1) is 15.0. The minimum Gasteiger partial charge on any atom is -0.478 e. The average Bonchev–Trinajstić information content (AvgIpc) is 2.82. The largest absolute Gasteiger partial charge is 0.478 e. The van der Waals surface area contributed by atoms with Crippen molar-refractivity contribution < 1.29 is 14.7 Å². The molecule has 0 bridgehead atoms. The Morgan fingerprint density at radius 2 is 2.10 bits per heavy atom. The van der Waals surface area contributed by atoms with Crippen molar-refractivity contribution in [1.82, 2.24) is 10.6 Å². The van der Waals surface area contributed by atoms with Crippen molar-refractivity contribution in [3.63, 3.8) is 0 Å². The van der Waals surface area contributed by atoms with Gasteiger partial charge in [0.2, 0.25) is 0 Å². The van der Waals surface area contributed by atoms with Crippen LogP contribution in [0.3, 0.4) is 0 Å². The molecule has 1 unspecified atom stereocenters. The number of rotatable bonds is 4. The van der Waals surface area contributed by atoms with Gasteiger partial charge in [-0.25, -0.2) is 4.79 Å². The molecule has 108 valence electrons. The molecule has 1 fully saturated rings. The number of nitrogens with one attached hydrogen (secondary N) is 2. The van der Waals surface area contributed by atoms with E-state index in [2.05, 4.69) is 33.5 Å². The van der Waals surface area contributed by atoms with E-state index < -0.39 is 5.97 Å². The number of carboxylic acid groups (broad SMARTS) is 1. The summed E-state index contributed by atoms with van der Waals surface area (Å²) in [5, 5.41) is 15.2. The fraction of sp³-hybridized carbons (Fsp3) is 0.429. The quantitative estimate of drug-likeness (QED) is 0.783. The van der Waals surface area contributed by atoms with Crippen molar-refractivity contribution in [3.05, 3.63) is 33.8 Å². The van der Waals surface area contributed by atoms with Crippen LogP contribution in [-0.2, 0) is 0 Å². The van der Waals surface area contributed by atoms with E-state index in [1.807, 2.05) is 0 Å². The van der Waals surface area contributed by atoms with Crippen LogP contribution in [0.15, 0.2) is 22.7 Å². The third-order valence-electron chi connectivity index (χ3n) is 3.50. The Bertz CT molecular complexity index is 539. The molecule has 3 N–H and O–H groups in total. The second-order valence-electron chi connectivity index (χ2n) is 5.31. The molecule has 1 saturated heterocycles. The van der Waals surface area contributed by atoms with E-state index >= 15 is 0 Å². The van der Waals surface area contributed by atoms with Gasteiger partial charge < -0.3 is 15.7 Å². The van der Waals surface area contributed by atoms with Crippen LogP contribution in [-0.4, -0.2) is 35.6 Å². The summed E-state index contributed by atoms with van der Waals surface area (Å²) in [6, 6.07) is 4.47. The van der Waals surface area contributed by atoms with Gasteiger partial charge in [0, 0.05) is 22.1 Å². The highest BCUT2D eigenvalue weighted by Gasteiger charge is 2.28. The van der Waals surface area contributed by atoms with E-state index in [9.17, 15) is 9.59 Å². The number of hydrogen-bond acceptors (Lipinski definition) is 3. The van der Waals surface area contributed by atoms with E-state index in [1.165, 1.54) is 12.1 Å². The predicted octanol–water partition coefficient (Wildman–Crippen LogP) is 2.02. The zero-order valence-corrected chi connectivity index (χ0v) is 12.8. The van der Waals surface area contributed by atoms with Crippen LogP contribution < -0.4 is 10.6 Å². The highest BCUT2D eigenvalue weighted by Crippen LogP contribution is 2.19. The molecule has 6 heteroatoms. The van der Waals surface area contributed by atoms with Crippen molar-refractivity contribution >= 4 is 27.8 Å². The molecule has 5 nitrogen and oxygen atoms in total. The van der Waals surface area contributed by atoms with E-state index in [4.69, 9.17) is 5.11 Å². The smallest absolute Gasteiger partial charge is 0.335 e. The van der Waals surface area contributed by atoms with Gasteiger partial charge in [0.15, 0.2) is 0 Å². The van der Waals surface area contributed by atoms with E-state index in [0.29, 0.717) is 16.6 Å². The third-order valence-corrected chi connectivity index (χ3v) is 3.96. The van der Waals surface area contributed by atoms with Gasteiger partial charge in [0.05, 0.1) is 5.56 Å². The molecule has 1 aliphatic rings. The maximum atomic E-state index is 12.1. The van der Waals surface area contributed by atoms with Gasteiger partial charge in [-0.05, 0) is 44.5 Å². The lowest BCUT2D eigenvalue weighted by molar-refractivity contribution is 0.0697. The number of carboxylic acids is 1. The van der Waals surface area contributed by atoms with Gasteiger partial charge in [-0.15, -0.1) is 0 Å². The Labute approximate surface area is 125 Å². The molecule has 0 aromatic heterocycles. The number of amides is 1. The summed E-state index contributed by atoms with van der Waals surface area (Å²) in [5.41, 5.74) is 0.366. The molecule has 0 saturated carbocycles. The molecule has 20 heavy (non-hydrogen) atoms. The van der Waals surface area contributed by atoms with Crippen molar-refractivity contribution in [1.29, 1.82) is 0 Å². The Morgan fingerprint density at radius 1 is 1.40 bits per heavy atom. The average molecular weight is 341 g/mol. The monoisotopic (exact) mass is 340 g/mol. The first-order valence-electron chi connectivity index (χ1n) is 6.47. The first-order chi connectivity index (χ1) is 9.39. The maximum absolute atomic E-state index is 12.1. The lowest BCUT2D eigenvalue weighted by atomic mass is 10.0. The summed E-state index contributed by atoms with van der Waals surface area (Å²) in [7, 11) is 0. The standard InChI is InChI=1S/C14H17BrN2O3/c1-14(3-2-4-17-14)8-16-12(18)9-5-10(13(19)20)7-11(15)6-9/h5-7,17H,2-4,8H2,1H3,(H,16,18)(H,19,20). The van der Waals surface area contributed by atoms with Crippen LogP contribution in [0.4, 0.5) is 0 Å². The van der Waals surface area contributed by atoms with Gasteiger partial charge in [-0.3, -0.25) is 4.79 Å². The van der Waals surface area contributed by atoms with Crippen LogP contribution in [0.5, 0.6) is 0 Å². The Hall–Kier alpha value is -1.40. The Balaban J connectivity index is 2.07. The van der Waals surface area contributed by atoms with Crippen molar-refractivity contribution in [2.45, 2.75) is 25.3 Å². The number of aromatic carboxylic acids is 1. The van der Waals surface area contributed by atoms with Gasteiger partial charge in [0.1, 0.15) is 0 Å². The molecule has 1 aromatic carbocycles. The molecule has 0 aliphatic carbocycles. The predicted molar refractivity (Wildman–Crippen MR) is 79.1 cm³/mol. The van der Waals surface area contributed by atoms with Crippen LogP contribution in [0.25, 0.3) is 0 Å². The lowest BCUT2D eigenvalue weighted by Crippen LogP contribution is -2.47. The second-order valence-corrected chi connectivity index (χ2v) is 6.22.